The Morgan fingerprint density at radius 2 is 1.97 bits per heavy atom. The van der Waals surface area contributed by atoms with Gasteiger partial charge in [0.15, 0.2) is 5.96 Å². The minimum absolute atomic E-state index is 0.0751. The summed E-state index contributed by atoms with van der Waals surface area (Å²) in [6.07, 6.45) is 4.06. The summed E-state index contributed by atoms with van der Waals surface area (Å²) in [6, 6.07) is 11.0. The van der Waals surface area contributed by atoms with E-state index in [0.717, 1.165) is 24.2 Å². The van der Waals surface area contributed by atoms with Crippen LogP contribution in [0.15, 0.2) is 47.6 Å². The second-order valence-corrected chi connectivity index (χ2v) is 9.72. The number of nitrogens with zero attached hydrogens (tertiary/aromatic N) is 3. The predicted octanol–water partition coefficient (Wildman–Crippen LogP) is 3.72. The third-order valence-corrected chi connectivity index (χ3v) is 6.81. The van der Waals surface area contributed by atoms with E-state index in [-0.39, 0.29) is 30.4 Å². The molecule has 0 radical (unpaired) electrons. The number of carbonyl (C=O) groups excluding carboxylic acids is 2. The van der Waals surface area contributed by atoms with Crippen molar-refractivity contribution in [2.75, 3.05) is 0 Å². The molecule has 1 aromatic carbocycles. The molecule has 1 unspecified atom stereocenters. The number of aromatic nitrogens is 1. The van der Waals surface area contributed by atoms with Crippen molar-refractivity contribution in [3.05, 3.63) is 59.4 Å². The van der Waals surface area contributed by atoms with Gasteiger partial charge in [-0.05, 0) is 44.9 Å². The quantitative estimate of drug-likeness (QED) is 0.678. The number of ether oxygens (including phenoxy) is 1. The molecule has 3 heterocycles. The molecule has 0 bridgehead atoms. The molecule has 34 heavy (non-hydrogen) atoms. The number of fused-ring (bicyclic) bond motifs is 1. The Bertz CT molecular complexity index is 1120. The second kappa shape index (κ2) is 9.08. The summed E-state index contributed by atoms with van der Waals surface area (Å²) in [7, 11) is 0. The highest BCUT2D eigenvalue weighted by Crippen LogP contribution is 2.39. The zero-order valence-corrected chi connectivity index (χ0v) is 20.3. The second-order valence-electron chi connectivity index (χ2n) is 9.72. The van der Waals surface area contributed by atoms with E-state index in [4.69, 9.17) is 10.5 Å². The largest absolute Gasteiger partial charge is 0.487 e. The molecule has 2 aromatic rings. The van der Waals surface area contributed by atoms with E-state index >= 15 is 0 Å². The molecular formula is C26H33N5O3. The van der Waals surface area contributed by atoms with Crippen LogP contribution < -0.4 is 15.8 Å². The molecule has 8 heteroatoms. The molecule has 1 atom stereocenters. The van der Waals surface area contributed by atoms with Crippen molar-refractivity contribution in [1.82, 2.24) is 15.2 Å². The molecule has 1 aromatic heterocycles. The average Bonchev–Trinajstić information content (AvgIpc) is 2.80. The molecule has 2 aliphatic heterocycles. The number of nitrogens with two attached hydrogens (primary N) is 1. The maximum atomic E-state index is 13.2. The van der Waals surface area contributed by atoms with Crippen LogP contribution in [0.2, 0.25) is 0 Å². The Morgan fingerprint density at radius 1 is 1.24 bits per heavy atom. The Labute approximate surface area is 200 Å². The summed E-state index contributed by atoms with van der Waals surface area (Å²) in [4.78, 5) is 36.5. The molecular weight excluding hydrogens is 430 g/mol. The van der Waals surface area contributed by atoms with Gasteiger partial charge in [0.25, 0.3) is 5.91 Å². The molecule has 0 spiro atoms. The number of hydrogen-bond acceptors (Lipinski definition) is 6. The molecule has 0 aliphatic carbocycles. The number of aliphatic imine (C=N–C) groups is 1. The number of hydrogen-bond donors (Lipinski definition) is 2. The summed E-state index contributed by atoms with van der Waals surface area (Å²) in [6.45, 7) is 8.24. The first kappa shape index (κ1) is 23.7. The fourth-order valence-electron chi connectivity index (χ4n) is 4.72. The van der Waals surface area contributed by atoms with Crippen molar-refractivity contribution in [1.29, 1.82) is 0 Å². The van der Waals surface area contributed by atoms with Crippen LogP contribution in [-0.2, 0) is 11.3 Å². The maximum absolute atomic E-state index is 13.2. The summed E-state index contributed by atoms with van der Waals surface area (Å²) in [5.41, 5.74) is 7.36. The van der Waals surface area contributed by atoms with Gasteiger partial charge in [-0.3, -0.25) is 19.5 Å². The minimum Gasteiger partial charge on any atom is -0.487 e. The zero-order valence-electron chi connectivity index (χ0n) is 20.3. The number of pyridine rings is 1. The molecule has 4 rings (SSSR count). The predicted molar refractivity (Wildman–Crippen MR) is 130 cm³/mol. The monoisotopic (exact) mass is 463 g/mol. The summed E-state index contributed by atoms with van der Waals surface area (Å²) >= 11 is 0. The van der Waals surface area contributed by atoms with Crippen molar-refractivity contribution in [2.45, 2.75) is 77.1 Å². The maximum Gasteiger partial charge on any atom is 0.251 e. The minimum atomic E-state index is -0.430. The normalized spacial score (nSPS) is 20.7. The first-order valence-electron chi connectivity index (χ1n) is 11.8. The molecule has 0 fully saturated rings. The summed E-state index contributed by atoms with van der Waals surface area (Å²) < 4.78 is 6.07. The van der Waals surface area contributed by atoms with Crippen LogP contribution in [0.4, 0.5) is 0 Å². The third-order valence-electron chi connectivity index (χ3n) is 6.81. The fourth-order valence-corrected chi connectivity index (χ4v) is 4.72. The van der Waals surface area contributed by atoms with Crippen LogP contribution in [0.1, 0.15) is 81.0 Å². The van der Waals surface area contributed by atoms with E-state index in [1.165, 1.54) is 4.90 Å². The average molecular weight is 464 g/mol. The van der Waals surface area contributed by atoms with Crippen LogP contribution in [0.5, 0.6) is 5.75 Å². The van der Waals surface area contributed by atoms with E-state index in [1.54, 1.807) is 18.3 Å². The Balaban J connectivity index is 1.51. The Morgan fingerprint density at radius 3 is 2.68 bits per heavy atom. The number of amides is 2. The van der Waals surface area contributed by atoms with Crippen LogP contribution in [0.3, 0.4) is 0 Å². The summed E-state index contributed by atoms with van der Waals surface area (Å²) in [5.74, 6) is 0.711. The van der Waals surface area contributed by atoms with Gasteiger partial charge in [-0.25, -0.2) is 4.99 Å². The van der Waals surface area contributed by atoms with Gasteiger partial charge in [-0.1, -0.05) is 32.0 Å². The molecule has 0 saturated carbocycles. The lowest BCUT2D eigenvalue weighted by Gasteiger charge is -2.37. The van der Waals surface area contributed by atoms with Crippen molar-refractivity contribution >= 4 is 17.8 Å². The highest BCUT2D eigenvalue weighted by molar-refractivity contribution is 5.99. The fraction of sp³-hybridized carbons (Fsp3) is 0.462. The SMILES string of the molecule is CCC1(CC)CC(=O)N(Cc2cc(C(=O)NC3CC(C)(C)Oc4ccccc43)ccn2)C(N)=N1. The van der Waals surface area contributed by atoms with Crippen LogP contribution in [0.25, 0.3) is 0 Å². The lowest BCUT2D eigenvalue weighted by atomic mass is 9.88. The lowest BCUT2D eigenvalue weighted by molar-refractivity contribution is -0.130. The van der Waals surface area contributed by atoms with Gasteiger partial charge in [-0.2, -0.15) is 0 Å². The third kappa shape index (κ3) is 4.76. The van der Waals surface area contributed by atoms with Gasteiger partial charge in [-0.15, -0.1) is 0 Å². The highest BCUT2D eigenvalue weighted by Gasteiger charge is 2.37. The number of guanidine groups is 1. The van der Waals surface area contributed by atoms with Crippen molar-refractivity contribution in [3.8, 4) is 5.75 Å². The number of nitrogens with one attached hydrogen (secondary N) is 1. The van der Waals surface area contributed by atoms with Gasteiger partial charge in [0.05, 0.1) is 30.2 Å². The Kier molecular flexibility index (Phi) is 6.34. The number of carbonyl (C=O) groups is 2. The molecule has 180 valence electrons. The number of benzene rings is 1. The molecule has 3 N–H and O–H groups in total. The van der Waals surface area contributed by atoms with E-state index in [1.807, 2.05) is 52.0 Å². The van der Waals surface area contributed by atoms with Gasteiger partial charge in [0, 0.05) is 23.7 Å². The van der Waals surface area contributed by atoms with Gasteiger partial charge in [0.1, 0.15) is 11.4 Å². The van der Waals surface area contributed by atoms with Crippen LogP contribution in [0, 0.1) is 0 Å². The zero-order chi connectivity index (χ0) is 24.5. The number of rotatable bonds is 6. The van der Waals surface area contributed by atoms with Crippen molar-refractivity contribution in [2.24, 2.45) is 10.7 Å². The number of para-hydroxylation sites is 1. The van der Waals surface area contributed by atoms with E-state index in [9.17, 15) is 9.59 Å². The van der Waals surface area contributed by atoms with Crippen LogP contribution >= 0.6 is 0 Å². The molecule has 2 amide bonds. The van der Waals surface area contributed by atoms with Gasteiger partial charge < -0.3 is 15.8 Å². The molecule has 0 saturated heterocycles. The first-order valence-corrected chi connectivity index (χ1v) is 11.8. The van der Waals surface area contributed by atoms with E-state index in [2.05, 4.69) is 15.3 Å². The first-order chi connectivity index (χ1) is 16.1. The van der Waals surface area contributed by atoms with E-state index < -0.39 is 11.1 Å². The van der Waals surface area contributed by atoms with Crippen molar-refractivity contribution < 1.29 is 14.3 Å². The standard InChI is InChI=1S/C26H33N5O3/c1-5-26(6-2)15-22(32)31(24(27)30-26)16-18-13-17(11-12-28-18)23(33)29-20-14-25(3,4)34-21-10-8-7-9-19(20)21/h7-13,20H,5-6,14-16H2,1-4H3,(H2,27,30)(H,29,33). The van der Waals surface area contributed by atoms with Crippen molar-refractivity contribution in [3.63, 3.8) is 0 Å². The van der Waals surface area contributed by atoms with Gasteiger partial charge in [0.2, 0.25) is 5.91 Å². The van der Waals surface area contributed by atoms with Gasteiger partial charge >= 0.3 is 0 Å². The van der Waals surface area contributed by atoms with Crippen LogP contribution in [-0.4, -0.2) is 38.8 Å². The summed E-state index contributed by atoms with van der Waals surface area (Å²) in [5, 5.41) is 3.15. The Hall–Kier alpha value is -3.42. The smallest absolute Gasteiger partial charge is 0.251 e. The molecule has 2 aliphatic rings. The molecule has 8 nitrogen and oxygen atoms in total. The highest BCUT2D eigenvalue weighted by atomic mass is 16.5. The lowest BCUT2D eigenvalue weighted by Crippen LogP contribution is -2.50. The van der Waals surface area contributed by atoms with E-state index in [0.29, 0.717) is 24.1 Å². The topological polar surface area (TPSA) is 110 Å².